The Morgan fingerprint density at radius 2 is 1.72 bits per heavy atom. The quantitative estimate of drug-likeness (QED) is 0.591. The maximum atomic E-state index is 12.5. The van der Waals surface area contributed by atoms with E-state index in [1.54, 1.807) is 25.1 Å². The highest BCUT2D eigenvalue weighted by Crippen LogP contribution is 2.27. The van der Waals surface area contributed by atoms with Gasteiger partial charge in [-0.1, -0.05) is 11.6 Å². The number of carbonyl (C=O) groups is 1. The Morgan fingerprint density at radius 3 is 2.38 bits per heavy atom. The molecule has 0 spiro atoms. The van der Waals surface area contributed by atoms with Gasteiger partial charge in [0.25, 0.3) is 5.91 Å². The van der Waals surface area contributed by atoms with E-state index in [0.29, 0.717) is 16.5 Å². The SMILES string of the molecule is Cc1cc(O[C@@H](C)C(=O)Nc2nonc2-c2ccc(OC(C)C)cc2)ccc1Cl. The minimum absolute atomic E-state index is 0.0790. The van der Waals surface area contributed by atoms with Gasteiger partial charge in [0, 0.05) is 10.6 Å². The molecule has 8 heteroatoms. The summed E-state index contributed by atoms with van der Waals surface area (Å²) in [6, 6.07) is 12.5. The third kappa shape index (κ3) is 5.26. The lowest BCUT2D eigenvalue weighted by Gasteiger charge is -2.14. The van der Waals surface area contributed by atoms with Crippen molar-refractivity contribution in [2.75, 3.05) is 5.32 Å². The van der Waals surface area contributed by atoms with Crippen molar-refractivity contribution in [2.45, 2.75) is 39.9 Å². The molecular formula is C21H22ClN3O4. The zero-order valence-electron chi connectivity index (χ0n) is 16.6. The van der Waals surface area contributed by atoms with Crippen molar-refractivity contribution in [3.8, 4) is 22.8 Å². The molecule has 7 nitrogen and oxygen atoms in total. The fourth-order valence-electron chi connectivity index (χ4n) is 2.59. The smallest absolute Gasteiger partial charge is 0.266 e. The minimum Gasteiger partial charge on any atom is -0.491 e. The molecule has 3 aromatic rings. The highest BCUT2D eigenvalue weighted by molar-refractivity contribution is 6.31. The van der Waals surface area contributed by atoms with Crippen molar-refractivity contribution in [1.82, 2.24) is 10.3 Å². The first-order valence-electron chi connectivity index (χ1n) is 9.17. The number of halogens is 1. The summed E-state index contributed by atoms with van der Waals surface area (Å²) in [5.74, 6) is 1.13. The van der Waals surface area contributed by atoms with Gasteiger partial charge in [-0.25, -0.2) is 4.63 Å². The molecule has 0 aliphatic heterocycles. The van der Waals surface area contributed by atoms with Crippen LogP contribution in [0.5, 0.6) is 11.5 Å². The monoisotopic (exact) mass is 415 g/mol. The van der Waals surface area contributed by atoms with E-state index < -0.39 is 6.10 Å². The third-order valence-corrected chi connectivity index (χ3v) is 4.47. The van der Waals surface area contributed by atoms with Crippen LogP contribution in [-0.2, 0) is 4.79 Å². The number of nitrogens with zero attached hydrogens (tertiary/aromatic N) is 2. The Morgan fingerprint density at radius 1 is 1.03 bits per heavy atom. The van der Waals surface area contributed by atoms with Crippen LogP contribution >= 0.6 is 11.6 Å². The summed E-state index contributed by atoms with van der Waals surface area (Å²) < 4.78 is 16.1. The van der Waals surface area contributed by atoms with E-state index in [-0.39, 0.29) is 17.8 Å². The number of rotatable bonds is 7. The molecular weight excluding hydrogens is 394 g/mol. The first kappa shape index (κ1) is 20.7. The predicted molar refractivity (Wildman–Crippen MR) is 110 cm³/mol. The third-order valence-electron chi connectivity index (χ3n) is 4.04. The molecule has 1 atom stereocenters. The first-order valence-corrected chi connectivity index (χ1v) is 9.54. The summed E-state index contributed by atoms with van der Waals surface area (Å²) in [4.78, 5) is 12.5. The van der Waals surface area contributed by atoms with Crippen molar-refractivity contribution in [2.24, 2.45) is 0 Å². The second kappa shape index (κ2) is 8.96. The van der Waals surface area contributed by atoms with Crippen LogP contribution in [0.3, 0.4) is 0 Å². The average molecular weight is 416 g/mol. The maximum absolute atomic E-state index is 12.5. The van der Waals surface area contributed by atoms with Crippen LogP contribution in [0.4, 0.5) is 5.82 Å². The Labute approximate surface area is 173 Å². The normalized spacial score (nSPS) is 11.9. The van der Waals surface area contributed by atoms with Crippen LogP contribution in [0.1, 0.15) is 26.3 Å². The van der Waals surface area contributed by atoms with E-state index in [4.69, 9.17) is 25.7 Å². The summed E-state index contributed by atoms with van der Waals surface area (Å²) in [5.41, 5.74) is 2.02. The summed E-state index contributed by atoms with van der Waals surface area (Å²) in [6.07, 6.45) is -0.683. The van der Waals surface area contributed by atoms with E-state index >= 15 is 0 Å². The van der Waals surface area contributed by atoms with E-state index in [1.807, 2.05) is 45.0 Å². The van der Waals surface area contributed by atoms with Gasteiger partial charge in [0.05, 0.1) is 6.10 Å². The van der Waals surface area contributed by atoms with E-state index in [1.165, 1.54) is 0 Å². The lowest BCUT2D eigenvalue weighted by Crippen LogP contribution is -2.30. The van der Waals surface area contributed by atoms with Crippen molar-refractivity contribution in [3.63, 3.8) is 0 Å². The average Bonchev–Trinajstić information content (AvgIpc) is 3.13. The van der Waals surface area contributed by atoms with E-state index in [0.717, 1.165) is 16.9 Å². The molecule has 0 aliphatic carbocycles. The second-order valence-electron chi connectivity index (χ2n) is 6.81. The van der Waals surface area contributed by atoms with Crippen molar-refractivity contribution in [1.29, 1.82) is 0 Å². The predicted octanol–water partition coefficient (Wildman–Crippen LogP) is 4.89. The number of ether oxygens (including phenoxy) is 2. The molecule has 1 amide bonds. The van der Waals surface area contributed by atoms with Gasteiger partial charge < -0.3 is 14.8 Å². The van der Waals surface area contributed by atoms with Crippen LogP contribution in [0.25, 0.3) is 11.3 Å². The van der Waals surface area contributed by atoms with Crippen molar-refractivity contribution >= 4 is 23.3 Å². The number of hydrogen-bond acceptors (Lipinski definition) is 6. The fraction of sp³-hybridized carbons (Fsp3) is 0.286. The zero-order valence-corrected chi connectivity index (χ0v) is 17.4. The number of aromatic nitrogens is 2. The van der Waals surface area contributed by atoms with E-state index in [9.17, 15) is 4.79 Å². The molecule has 1 N–H and O–H groups in total. The highest BCUT2D eigenvalue weighted by Gasteiger charge is 2.20. The summed E-state index contributed by atoms with van der Waals surface area (Å²) in [6.45, 7) is 7.42. The standard InChI is InChI=1S/C21H22ClN3O4/c1-12(2)27-16-7-5-15(6-8-16)19-20(25-29-24-19)23-21(26)14(4)28-17-9-10-18(22)13(3)11-17/h5-12,14H,1-4H3,(H,23,25,26)/t14-/m0/s1. The maximum Gasteiger partial charge on any atom is 0.266 e. The van der Waals surface area contributed by atoms with Crippen LogP contribution in [-0.4, -0.2) is 28.4 Å². The van der Waals surface area contributed by atoms with Gasteiger partial charge in [-0.3, -0.25) is 4.79 Å². The molecule has 152 valence electrons. The minimum atomic E-state index is -0.762. The van der Waals surface area contributed by atoms with Crippen LogP contribution in [0, 0.1) is 6.92 Å². The van der Waals surface area contributed by atoms with Gasteiger partial charge in [-0.15, -0.1) is 0 Å². The molecule has 1 heterocycles. The zero-order chi connectivity index (χ0) is 21.0. The number of aryl methyl sites for hydroxylation is 1. The highest BCUT2D eigenvalue weighted by atomic mass is 35.5. The van der Waals surface area contributed by atoms with Crippen molar-refractivity contribution < 1.29 is 18.9 Å². The Kier molecular flexibility index (Phi) is 6.39. The second-order valence-corrected chi connectivity index (χ2v) is 7.22. The summed E-state index contributed by atoms with van der Waals surface area (Å²) >= 11 is 6.02. The lowest BCUT2D eigenvalue weighted by atomic mass is 10.1. The largest absolute Gasteiger partial charge is 0.491 e. The van der Waals surface area contributed by atoms with Gasteiger partial charge in [0.15, 0.2) is 11.8 Å². The molecule has 0 fully saturated rings. The van der Waals surface area contributed by atoms with Gasteiger partial charge in [-0.05, 0) is 86.0 Å². The molecule has 1 aromatic heterocycles. The van der Waals surface area contributed by atoms with Gasteiger partial charge in [-0.2, -0.15) is 0 Å². The number of benzene rings is 2. The summed E-state index contributed by atoms with van der Waals surface area (Å²) in [5, 5.41) is 11.0. The van der Waals surface area contributed by atoms with Crippen LogP contribution < -0.4 is 14.8 Å². The molecule has 2 aromatic carbocycles. The van der Waals surface area contributed by atoms with Gasteiger partial charge >= 0.3 is 0 Å². The van der Waals surface area contributed by atoms with Crippen LogP contribution in [0.2, 0.25) is 5.02 Å². The molecule has 3 rings (SSSR count). The molecule has 0 bridgehead atoms. The van der Waals surface area contributed by atoms with Crippen molar-refractivity contribution in [3.05, 3.63) is 53.1 Å². The Hall–Kier alpha value is -3.06. The van der Waals surface area contributed by atoms with E-state index in [2.05, 4.69) is 15.6 Å². The number of anilines is 1. The van der Waals surface area contributed by atoms with Gasteiger partial charge in [0.1, 0.15) is 11.5 Å². The molecule has 0 saturated carbocycles. The lowest BCUT2D eigenvalue weighted by molar-refractivity contribution is -0.122. The first-order chi connectivity index (χ1) is 13.8. The van der Waals surface area contributed by atoms with Gasteiger partial charge in [0.2, 0.25) is 5.82 Å². The Bertz CT molecular complexity index is 986. The molecule has 29 heavy (non-hydrogen) atoms. The molecule has 0 unspecified atom stereocenters. The number of nitrogens with one attached hydrogen (secondary N) is 1. The topological polar surface area (TPSA) is 86.5 Å². The molecule has 0 saturated heterocycles. The number of carbonyl (C=O) groups excluding carboxylic acids is 1. The van der Waals surface area contributed by atoms with Crippen LogP contribution in [0.15, 0.2) is 47.1 Å². The number of amides is 1. The Balaban J connectivity index is 1.68. The summed E-state index contributed by atoms with van der Waals surface area (Å²) in [7, 11) is 0. The fourth-order valence-corrected chi connectivity index (χ4v) is 2.71. The molecule has 0 radical (unpaired) electrons. The molecule has 0 aliphatic rings. The number of hydrogen-bond donors (Lipinski definition) is 1.